The van der Waals surface area contributed by atoms with Crippen LogP contribution >= 0.6 is 22.9 Å². The first-order valence-corrected chi connectivity index (χ1v) is 9.40. The van der Waals surface area contributed by atoms with Gasteiger partial charge in [0.1, 0.15) is 12.4 Å². The summed E-state index contributed by atoms with van der Waals surface area (Å²) < 4.78 is 6.73. The number of hydrogen-bond acceptors (Lipinski definition) is 4. The van der Waals surface area contributed by atoms with Crippen LogP contribution in [0.4, 0.5) is 0 Å². The van der Waals surface area contributed by atoms with Gasteiger partial charge in [0.25, 0.3) is 0 Å². The van der Waals surface area contributed by atoms with Crippen molar-refractivity contribution in [3.63, 3.8) is 0 Å². The van der Waals surface area contributed by atoms with Crippen LogP contribution in [0.2, 0.25) is 5.02 Å². The van der Waals surface area contributed by atoms with Crippen molar-refractivity contribution >= 4 is 39.1 Å². The highest BCUT2D eigenvalue weighted by molar-refractivity contribution is 7.18. The number of para-hydroxylation sites is 1. The lowest BCUT2D eigenvalue weighted by Gasteiger charge is -2.07. The standard InChI is InChI=1S/C19H19ClN2O2S/c20-14-5-3-6-15(13-14)24-12-11-21-18(23)9-4-10-19-22-16-7-1-2-8-17(16)25-19/h1-3,5-8,13H,4,9-12H2,(H,21,23). The third-order valence-corrected chi connectivity index (χ3v) is 4.95. The first-order valence-electron chi connectivity index (χ1n) is 8.20. The summed E-state index contributed by atoms with van der Waals surface area (Å²) in [5, 5.41) is 4.58. The molecule has 0 aliphatic rings. The molecule has 4 nitrogen and oxygen atoms in total. The van der Waals surface area contributed by atoms with Crippen LogP contribution in [-0.2, 0) is 11.2 Å². The maximum absolute atomic E-state index is 11.9. The molecule has 1 aromatic heterocycles. The van der Waals surface area contributed by atoms with Crippen molar-refractivity contribution in [2.45, 2.75) is 19.3 Å². The highest BCUT2D eigenvalue weighted by atomic mass is 35.5. The number of thiazole rings is 1. The van der Waals surface area contributed by atoms with Gasteiger partial charge in [-0.05, 0) is 43.2 Å². The highest BCUT2D eigenvalue weighted by Gasteiger charge is 2.05. The summed E-state index contributed by atoms with van der Waals surface area (Å²) >= 11 is 7.58. The molecule has 6 heteroatoms. The van der Waals surface area contributed by atoms with E-state index < -0.39 is 0 Å². The summed E-state index contributed by atoms with van der Waals surface area (Å²) in [6.07, 6.45) is 2.11. The van der Waals surface area contributed by atoms with E-state index in [0.29, 0.717) is 30.3 Å². The number of carbonyl (C=O) groups is 1. The Kier molecular flexibility index (Phi) is 6.25. The molecule has 1 N–H and O–H groups in total. The zero-order chi connectivity index (χ0) is 17.5. The lowest BCUT2D eigenvalue weighted by atomic mass is 10.2. The molecule has 0 spiro atoms. The number of benzene rings is 2. The number of nitrogens with zero attached hydrogens (tertiary/aromatic N) is 1. The van der Waals surface area contributed by atoms with Gasteiger partial charge in [-0.25, -0.2) is 4.98 Å². The van der Waals surface area contributed by atoms with Crippen LogP contribution in [0.5, 0.6) is 5.75 Å². The number of nitrogens with one attached hydrogen (secondary N) is 1. The first kappa shape index (κ1) is 17.7. The minimum absolute atomic E-state index is 0.0378. The maximum Gasteiger partial charge on any atom is 0.220 e. The van der Waals surface area contributed by atoms with Gasteiger partial charge in [0.2, 0.25) is 5.91 Å². The Morgan fingerprint density at radius 2 is 2.08 bits per heavy atom. The Hall–Kier alpha value is -2.11. The topological polar surface area (TPSA) is 51.2 Å². The highest BCUT2D eigenvalue weighted by Crippen LogP contribution is 2.22. The van der Waals surface area contributed by atoms with Gasteiger partial charge in [0.05, 0.1) is 21.8 Å². The molecule has 3 rings (SSSR count). The van der Waals surface area contributed by atoms with Crippen LogP contribution in [0.1, 0.15) is 17.8 Å². The second-order valence-corrected chi connectivity index (χ2v) is 7.14. The van der Waals surface area contributed by atoms with Crippen molar-refractivity contribution in [1.29, 1.82) is 0 Å². The summed E-state index contributed by atoms with van der Waals surface area (Å²) in [7, 11) is 0. The number of fused-ring (bicyclic) bond motifs is 1. The quantitative estimate of drug-likeness (QED) is 0.592. The average molecular weight is 375 g/mol. The summed E-state index contributed by atoms with van der Waals surface area (Å²) in [4.78, 5) is 16.4. The minimum atomic E-state index is 0.0378. The van der Waals surface area contributed by atoms with Gasteiger partial charge in [-0.1, -0.05) is 29.8 Å². The van der Waals surface area contributed by atoms with E-state index in [-0.39, 0.29) is 5.91 Å². The lowest BCUT2D eigenvalue weighted by Crippen LogP contribution is -2.27. The molecular formula is C19H19ClN2O2S. The molecule has 25 heavy (non-hydrogen) atoms. The molecule has 130 valence electrons. The molecular weight excluding hydrogens is 356 g/mol. The number of halogens is 1. The van der Waals surface area contributed by atoms with E-state index in [1.165, 1.54) is 4.70 Å². The molecule has 1 heterocycles. The van der Waals surface area contributed by atoms with Gasteiger partial charge >= 0.3 is 0 Å². The van der Waals surface area contributed by atoms with Gasteiger partial charge in [-0.2, -0.15) is 0 Å². The molecule has 0 saturated carbocycles. The number of hydrogen-bond donors (Lipinski definition) is 1. The van der Waals surface area contributed by atoms with Crippen molar-refractivity contribution in [2.24, 2.45) is 0 Å². The number of aromatic nitrogens is 1. The number of amides is 1. The molecule has 0 fully saturated rings. The number of rotatable bonds is 8. The van der Waals surface area contributed by atoms with Crippen LogP contribution < -0.4 is 10.1 Å². The van der Waals surface area contributed by atoms with E-state index in [1.54, 1.807) is 23.5 Å². The summed E-state index contributed by atoms with van der Waals surface area (Å²) in [6.45, 7) is 0.899. The average Bonchev–Trinajstić information content (AvgIpc) is 3.01. The van der Waals surface area contributed by atoms with E-state index >= 15 is 0 Å². The van der Waals surface area contributed by atoms with E-state index in [0.717, 1.165) is 23.4 Å². The summed E-state index contributed by atoms with van der Waals surface area (Å²) in [6, 6.07) is 15.3. The Bertz CT molecular complexity index is 817. The van der Waals surface area contributed by atoms with Gasteiger partial charge in [0.15, 0.2) is 0 Å². The number of carbonyl (C=O) groups excluding carboxylic acids is 1. The zero-order valence-electron chi connectivity index (χ0n) is 13.7. The van der Waals surface area contributed by atoms with E-state index in [4.69, 9.17) is 16.3 Å². The minimum Gasteiger partial charge on any atom is -0.492 e. The van der Waals surface area contributed by atoms with Gasteiger partial charge in [-0.15, -0.1) is 11.3 Å². The maximum atomic E-state index is 11.9. The van der Waals surface area contributed by atoms with Crippen LogP contribution in [0, 0.1) is 0 Å². The normalized spacial score (nSPS) is 10.8. The van der Waals surface area contributed by atoms with Crippen molar-refractivity contribution in [1.82, 2.24) is 10.3 Å². The molecule has 0 aliphatic heterocycles. The fourth-order valence-corrected chi connectivity index (χ4v) is 3.62. The third kappa shape index (κ3) is 5.44. The van der Waals surface area contributed by atoms with Crippen molar-refractivity contribution < 1.29 is 9.53 Å². The Morgan fingerprint density at radius 3 is 2.92 bits per heavy atom. The SMILES string of the molecule is O=C(CCCc1nc2ccccc2s1)NCCOc1cccc(Cl)c1. The van der Waals surface area contributed by atoms with Gasteiger partial charge in [0, 0.05) is 11.4 Å². The molecule has 0 aliphatic carbocycles. The van der Waals surface area contributed by atoms with Crippen LogP contribution in [-0.4, -0.2) is 24.0 Å². The summed E-state index contributed by atoms with van der Waals surface area (Å²) in [5.74, 6) is 0.744. The molecule has 0 unspecified atom stereocenters. The summed E-state index contributed by atoms with van der Waals surface area (Å²) in [5.41, 5.74) is 1.03. The zero-order valence-corrected chi connectivity index (χ0v) is 15.3. The fourth-order valence-electron chi connectivity index (χ4n) is 2.43. The Balaban J connectivity index is 1.32. The van der Waals surface area contributed by atoms with Crippen LogP contribution in [0.3, 0.4) is 0 Å². The molecule has 3 aromatic rings. The molecule has 0 bridgehead atoms. The van der Waals surface area contributed by atoms with Crippen molar-refractivity contribution in [3.8, 4) is 5.75 Å². The van der Waals surface area contributed by atoms with E-state index in [2.05, 4.69) is 16.4 Å². The molecule has 0 radical (unpaired) electrons. The number of ether oxygens (including phenoxy) is 1. The Labute approximate surface area is 155 Å². The number of aryl methyl sites for hydroxylation is 1. The molecule has 1 amide bonds. The molecule has 2 aromatic carbocycles. The smallest absolute Gasteiger partial charge is 0.220 e. The van der Waals surface area contributed by atoms with Crippen molar-refractivity contribution in [3.05, 3.63) is 58.6 Å². The molecule has 0 atom stereocenters. The largest absolute Gasteiger partial charge is 0.492 e. The van der Waals surface area contributed by atoms with E-state index in [1.807, 2.05) is 30.3 Å². The van der Waals surface area contributed by atoms with Crippen molar-refractivity contribution in [2.75, 3.05) is 13.2 Å². The second kappa shape index (κ2) is 8.83. The second-order valence-electron chi connectivity index (χ2n) is 5.58. The van der Waals surface area contributed by atoms with Gasteiger partial charge < -0.3 is 10.1 Å². The monoisotopic (exact) mass is 374 g/mol. The van der Waals surface area contributed by atoms with Crippen LogP contribution in [0.25, 0.3) is 10.2 Å². The van der Waals surface area contributed by atoms with Crippen LogP contribution in [0.15, 0.2) is 48.5 Å². The van der Waals surface area contributed by atoms with Gasteiger partial charge in [-0.3, -0.25) is 4.79 Å². The van der Waals surface area contributed by atoms with E-state index in [9.17, 15) is 4.79 Å². The first-order chi connectivity index (χ1) is 12.2. The predicted octanol–water partition coefficient (Wildman–Crippen LogP) is 4.47. The third-order valence-electron chi connectivity index (χ3n) is 3.62. The fraction of sp³-hybridized carbons (Fsp3) is 0.263. The molecule has 0 saturated heterocycles. The lowest BCUT2D eigenvalue weighted by molar-refractivity contribution is -0.121. The Morgan fingerprint density at radius 1 is 1.20 bits per heavy atom. The predicted molar refractivity (Wildman–Crippen MR) is 103 cm³/mol.